The maximum atomic E-state index is 13.3. The number of anilines is 3. The molecule has 2 fully saturated rings. The van der Waals surface area contributed by atoms with Crippen LogP contribution in [0.5, 0.6) is 0 Å². The van der Waals surface area contributed by atoms with E-state index in [2.05, 4.69) is 38.3 Å². The van der Waals surface area contributed by atoms with Crippen LogP contribution in [0.25, 0.3) is 0 Å². The summed E-state index contributed by atoms with van der Waals surface area (Å²) >= 11 is 0. The second-order valence-electron chi connectivity index (χ2n) is 11.0. The lowest BCUT2D eigenvalue weighted by atomic mass is 9.87. The highest BCUT2D eigenvalue weighted by molar-refractivity contribution is 6.12. The number of nitrogens with zero attached hydrogens (tertiary/aromatic N) is 1. The van der Waals surface area contributed by atoms with Gasteiger partial charge in [0.25, 0.3) is 5.91 Å². The van der Waals surface area contributed by atoms with Crippen LogP contribution in [0.2, 0.25) is 0 Å². The van der Waals surface area contributed by atoms with Crippen LogP contribution in [0.1, 0.15) is 66.1 Å². The van der Waals surface area contributed by atoms with Gasteiger partial charge in [-0.1, -0.05) is 24.3 Å². The molecule has 210 valence electrons. The number of morpholine rings is 1. The Balaban J connectivity index is 1.15. The highest BCUT2D eigenvalue weighted by Crippen LogP contribution is 2.37. The first-order valence-electron chi connectivity index (χ1n) is 14.3. The van der Waals surface area contributed by atoms with Crippen molar-refractivity contribution in [1.82, 2.24) is 10.6 Å². The zero-order chi connectivity index (χ0) is 27.6. The molecule has 0 radical (unpaired) electrons. The Morgan fingerprint density at radius 2 is 1.85 bits per heavy atom. The summed E-state index contributed by atoms with van der Waals surface area (Å²) < 4.78 is 5.49. The fraction of sp³-hybridized carbons (Fsp3) is 0.467. The fourth-order valence-electron chi connectivity index (χ4n) is 5.80. The van der Waals surface area contributed by atoms with E-state index >= 15 is 0 Å². The number of amides is 4. The molecule has 2 aromatic rings. The van der Waals surface area contributed by atoms with Crippen LogP contribution in [0.4, 0.5) is 17.1 Å². The minimum absolute atomic E-state index is 0.00635. The van der Waals surface area contributed by atoms with Crippen LogP contribution in [0.15, 0.2) is 36.4 Å². The number of benzene rings is 2. The molecular weight excluding hydrogens is 510 g/mol. The molecule has 10 heteroatoms. The minimum Gasteiger partial charge on any atom is -0.378 e. The van der Waals surface area contributed by atoms with Gasteiger partial charge in [0.2, 0.25) is 17.7 Å². The molecule has 6 rings (SSSR count). The van der Waals surface area contributed by atoms with Crippen molar-refractivity contribution < 1.29 is 23.9 Å². The van der Waals surface area contributed by atoms with Crippen molar-refractivity contribution in [2.24, 2.45) is 5.92 Å². The van der Waals surface area contributed by atoms with Crippen molar-refractivity contribution in [3.63, 3.8) is 0 Å². The van der Waals surface area contributed by atoms with Crippen molar-refractivity contribution in [3.05, 3.63) is 53.1 Å². The normalized spacial score (nSPS) is 22.2. The molecule has 1 saturated heterocycles. The summed E-state index contributed by atoms with van der Waals surface area (Å²) in [6.07, 6.45) is 4.91. The standard InChI is InChI=1S/C30H35N5O5/c36-27(31-22-7-3-5-18-4-1-2-6-20(18)22)11-10-23-30(39)33-24-17-25(34-28(37)19-8-9-19)26(16-21(24)29(38)32-23)35-12-14-40-15-13-35/h1-2,4,6,16-17,19,22-23H,3,5,7-15H2,(H,31,36)(H,32,38)(H,33,39)(H,34,37)/t22?,23-/m1/s1. The van der Waals surface area contributed by atoms with E-state index in [1.807, 2.05) is 12.1 Å². The first kappa shape index (κ1) is 26.3. The lowest BCUT2D eigenvalue weighted by Crippen LogP contribution is -2.42. The number of aryl methyl sites for hydroxylation is 1. The number of nitrogens with one attached hydrogen (secondary N) is 4. The maximum absolute atomic E-state index is 13.3. The summed E-state index contributed by atoms with van der Waals surface area (Å²) in [4.78, 5) is 54.0. The molecule has 40 heavy (non-hydrogen) atoms. The Morgan fingerprint density at radius 1 is 1.05 bits per heavy atom. The number of carbonyl (C=O) groups is 4. The van der Waals surface area contributed by atoms with Gasteiger partial charge in [0.1, 0.15) is 6.04 Å². The van der Waals surface area contributed by atoms with E-state index in [1.165, 1.54) is 5.56 Å². The molecule has 2 heterocycles. The molecule has 1 unspecified atom stereocenters. The smallest absolute Gasteiger partial charge is 0.254 e. The van der Waals surface area contributed by atoms with E-state index < -0.39 is 11.9 Å². The number of fused-ring (bicyclic) bond motifs is 2. The lowest BCUT2D eigenvalue weighted by molar-refractivity contribution is -0.122. The van der Waals surface area contributed by atoms with Gasteiger partial charge in [-0.3, -0.25) is 19.2 Å². The largest absolute Gasteiger partial charge is 0.378 e. The van der Waals surface area contributed by atoms with Crippen molar-refractivity contribution in [1.29, 1.82) is 0 Å². The molecule has 0 aromatic heterocycles. The van der Waals surface area contributed by atoms with Crippen LogP contribution in [-0.2, 0) is 25.5 Å². The zero-order valence-corrected chi connectivity index (χ0v) is 22.5. The highest BCUT2D eigenvalue weighted by atomic mass is 16.5. The van der Waals surface area contributed by atoms with E-state index in [-0.39, 0.29) is 42.5 Å². The quantitative estimate of drug-likeness (QED) is 0.424. The average molecular weight is 546 g/mol. The minimum atomic E-state index is -0.861. The Bertz CT molecular complexity index is 1330. The topological polar surface area (TPSA) is 129 Å². The summed E-state index contributed by atoms with van der Waals surface area (Å²) in [5, 5.41) is 11.8. The van der Waals surface area contributed by atoms with Crippen LogP contribution in [0.3, 0.4) is 0 Å². The van der Waals surface area contributed by atoms with Gasteiger partial charge in [0.15, 0.2) is 0 Å². The van der Waals surface area contributed by atoms with Gasteiger partial charge < -0.3 is 30.9 Å². The molecule has 4 amide bonds. The number of carbonyl (C=O) groups excluding carboxylic acids is 4. The molecule has 0 bridgehead atoms. The highest BCUT2D eigenvalue weighted by Gasteiger charge is 2.33. The van der Waals surface area contributed by atoms with Crippen LogP contribution in [-0.4, -0.2) is 56.0 Å². The number of ether oxygens (including phenoxy) is 1. The summed E-state index contributed by atoms with van der Waals surface area (Å²) in [7, 11) is 0. The Hall–Kier alpha value is -3.92. The van der Waals surface area contributed by atoms with E-state index in [4.69, 9.17) is 4.74 Å². The summed E-state index contributed by atoms with van der Waals surface area (Å²) in [5.41, 5.74) is 4.37. The summed E-state index contributed by atoms with van der Waals surface area (Å²) in [6.45, 7) is 2.35. The molecule has 10 nitrogen and oxygen atoms in total. The number of rotatable bonds is 7. The third kappa shape index (κ3) is 5.67. The predicted octanol–water partition coefficient (Wildman–Crippen LogP) is 2.90. The van der Waals surface area contributed by atoms with Crippen molar-refractivity contribution >= 4 is 40.7 Å². The van der Waals surface area contributed by atoms with Crippen molar-refractivity contribution in [2.45, 2.75) is 57.0 Å². The molecular formula is C30H35N5O5. The van der Waals surface area contributed by atoms with E-state index in [0.29, 0.717) is 43.2 Å². The van der Waals surface area contributed by atoms with Gasteiger partial charge in [-0.2, -0.15) is 0 Å². The molecule has 2 aliphatic heterocycles. The Morgan fingerprint density at radius 3 is 2.65 bits per heavy atom. The van der Waals surface area contributed by atoms with Crippen LogP contribution < -0.4 is 26.2 Å². The lowest BCUT2D eigenvalue weighted by Gasteiger charge is -2.31. The monoisotopic (exact) mass is 545 g/mol. The second-order valence-corrected chi connectivity index (χ2v) is 11.0. The van der Waals surface area contributed by atoms with E-state index in [9.17, 15) is 19.2 Å². The van der Waals surface area contributed by atoms with Crippen molar-refractivity contribution in [2.75, 3.05) is 41.8 Å². The predicted molar refractivity (Wildman–Crippen MR) is 150 cm³/mol. The SMILES string of the molecule is O=C(CC[C@H]1NC(=O)c2cc(N3CCOCC3)c(NC(=O)C3CC3)cc2NC1=O)NC1CCCc2ccccc21. The Labute approximate surface area is 233 Å². The van der Waals surface area contributed by atoms with Gasteiger partial charge >= 0.3 is 0 Å². The molecule has 2 aliphatic carbocycles. The number of hydrogen-bond donors (Lipinski definition) is 4. The first-order chi connectivity index (χ1) is 19.5. The van der Waals surface area contributed by atoms with E-state index in [0.717, 1.165) is 43.4 Å². The maximum Gasteiger partial charge on any atom is 0.254 e. The number of hydrogen-bond acceptors (Lipinski definition) is 6. The zero-order valence-electron chi connectivity index (χ0n) is 22.5. The third-order valence-corrected chi connectivity index (χ3v) is 8.18. The first-order valence-corrected chi connectivity index (χ1v) is 14.3. The van der Waals surface area contributed by atoms with Gasteiger partial charge in [-0.05, 0) is 61.8 Å². The molecule has 2 aromatic carbocycles. The summed E-state index contributed by atoms with van der Waals surface area (Å²) in [6, 6.07) is 10.7. The van der Waals surface area contributed by atoms with Gasteiger partial charge in [-0.15, -0.1) is 0 Å². The Kier molecular flexibility index (Phi) is 7.42. The van der Waals surface area contributed by atoms with Crippen LogP contribution in [0, 0.1) is 5.92 Å². The second kappa shape index (κ2) is 11.3. The van der Waals surface area contributed by atoms with Crippen LogP contribution >= 0.6 is 0 Å². The fourth-order valence-corrected chi connectivity index (χ4v) is 5.80. The molecule has 4 N–H and O–H groups in total. The third-order valence-electron chi connectivity index (χ3n) is 8.18. The molecule has 4 aliphatic rings. The summed E-state index contributed by atoms with van der Waals surface area (Å²) in [5.74, 6) is -0.976. The van der Waals surface area contributed by atoms with Gasteiger partial charge in [-0.25, -0.2) is 0 Å². The van der Waals surface area contributed by atoms with Gasteiger partial charge in [0.05, 0.1) is 41.9 Å². The molecule has 0 spiro atoms. The van der Waals surface area contributed by atoms with Crippen molar-refractivity contribution in [3.8, 4) is 0 Å². The molecule has 2 atom stereocenters. The van der Waals surface area contributed by atoms with Gasteiger partial charge in [0, 0.05) is 25.4 Å². The average Bonchev–Trinajstić information content (AvgIpc) is 3.82. The van der Waals surface area contributed by atoms with E-state index in [1.54, 1.807) is 12.1 Å². The molecule has 1 saturated carbocycles.